The number of carbonyl (C=O) groups excluding carboxylic acids is 2. The summed E-state index contributed by atoms with van der Waals surface area (Å²) in [6, 6.07) is 5.43. The fourth-order valence-electron chi connectivity index (χ4n) is 2.38. The molecule has 21 heavy (non-hydrogen) atoms. The van der Waals surface area contributed by atoms with E-state index < -0.39 is 0 Å². The molecule has 0 bridgehead atoms. The van der Waals surface area contributed by atoms with E-state index in [0.717, 1.165) is 37.1 Å². The second-order valence-corrected chi connectivity index (χ2v) is 5.42. The Morgan fingerprint density at radius 2 is 2.10 bits per heavy atom. The first kappa shape index (κ1) is 15.5. The first-order valence-corrected chi connectivity index (χ1v) is 7.55. The summed E-state index contributed by atoms with van der Waals surface area (Å²) in [4.78, 5) is 23.7. The van der Waals surface area contributed by atoms with Gasteiger partial charge in [-0.25, -0.2) is 0 Å². The van der Waals surface area contributed by atoms with Gasteiger partial charge in [0.1, 0.15) is 0 Å². The summed E-state index contributed by atoms with van der Waals surface area (Å²) in [6.45, 7) is 4.64. The lowest BCUT2D eigenvalue weighted by molar-refractivity contribution is -0.118. The van der Waals surface area contributed by atoms with Crippen molar-refractivity contribution in [1.29, 1.82) is 0 Å². The van der Waals surface area contributed by atoms with Crippen molar-refractivity contribution in [1.82, 2.24) is 5.32 Å². The molecule has 2 rings (SSSR count). The maximum absolute atomic E-state index is 12.2. The summed E-state index contributed by atoms with van der Waals surface area (Å²) >= 11 is 0. The molecule has 1 aromatic carbocycles. The van der Waals surface area contributed by atoms with E-state index in [1.165, 1.54) is 0 Å². The highest BCUT2D eigenvalue weighted by molar-refractivity contribution is 5.97. The zero-order valence-electron chi connectivity index (χ0n) is 12.7. The number of hydrogen-bond donors (Lipinski definition) is 3. The Bertz CT molecular complexity index is 522. The number of anilines is 2. The van der Waals surface area contributed by atoms with Crippen LogP contribution >= 0.6 is 0 Å². The Morgan fingerprint density at radius 3 is 2.76 bits per heavy atom. The Hall–Kier alpha value is -1.88. The fourth-order valence-corrected chi connectivity index (χ4v) is 2.38. The molecule has 1 aliphatic heterocycles. The van der Waals surface area contributed by atoms with Crippen LogP contribution in [0.25, 0.3) is 0 Å². The van der Waals surface area contributed by atoms with Gasteiger partial charge in [0.05, 0.1) is 6.04 Å². The van der Waals surface area contributed by atoms with Crippen molar-refractivity contribution in [3.63, 3.8) is 0 Å². The zero-order valence-corrected chi connectivity index (χ0v) is 12.7. The fraction of sp³-hybridized carbons (Fsp3) is 0.500. The molecule has 1 fully saturated rings. The predicted octanol–water partition coefficient (Wildman–Crippen LogP) is 2.42. The van der Waals surface area contributed by atoms with E-state index in [1.54, 1.807) is 6.92 Å². The maximum Gasteiger partial charge on any atom is 0.241 e. The average molecular weight is 289 g/mol. The van der Waals surface area contributed by atoms with Crippen LogP contribution in [0.1, 0.15) is 38.2 Å². The number of benzene rings is 1. The van der Waals surface area contributed by atoms with Crippen LogP contribution in [0.4, 0.5) is 11.4 Å². The van der Waals surface area contributed by atoms with E-state index in [2.05, 4.69) is 16.0 Å². The molecule has 1 heterocycles. The lowest BCUT2D eigenvalue weighted by atomic mass is 10.0. The van der Waals surface area contributed by atoms with Gasteiger partial charge in [-0.05, 0) is 44.0 Å². The van der Waals surface area contributed by atoms with Crippen LogP contribution in [0.3, 0.4) is 0 Å². The maximum atomic E-state index is 12.2. The van der Waals surface area contributed by atoms with Crippen LogP contribution in [0.2, 0.25) is 0 Å². The van der Waals surface area contributed by atoms with Crippen molar-refractivity contribution in [3.8, 4) is 0 Å². The lowest BCUT2D eigenvalue weighted by Gasteiger charge is -2.23. The van der Waals surface area contributed by atoms with Gasteiger partial charge in [-0.2, -0.15) is 0 Å². The van der Waals surface area contributed by atoms with Gasteiger partial charge in [0.15, 0.2) is 0 Å². The number of nitrogens with one attached hydrogen (secondary N) is 3. The molecule has 0 aromatic heterocycles. The van der Waals surface area contributed by atoms with E-state index in [1.807, 2.05) is 25.1 Å². The Balaban J connectivity index is 2.05. The normalized spacial score (nSPS) is 18.1. The van der Waals surface area contributed by atoms with Crippen LogP contribution in [0.5, 0.6) is 0 Å². The van der Waals surface area contributed by atoms with Crippen molar-refractivity contribution in [2.24, 2.45) is 0 Å². The molecule has 0 unspecified atom stereocenters. The van der Waals surface area contributed by atoms with E-state index in [0.29, 0.717) is 12.1 Å². The SMILES string of the molecule is CCC(=O)Nc1ccc(C)c(NC(=O)[C@H]2CCCCN2)c1. The topological polar surface area (TPSA) is 70.2 Å². The lowest BCUT2D eigenvalue weighted by Crippen LogP contribution is -2.43. The van der Waals surface area contributed by atoms with Crippen molar-refractivity contribution >= 4 is 23.2 Å². The third kappa shape index (κ3) is 4.29. The monoisotopic (exact) mass is 289 g/mol. The molecule has 2 amide bonds. The summed E-state index contributed by atoms with van der Waals surface area (Å²) in [7, 11) is 0. The molecule has 1 atom stereocenters. The number of aryl methyl sites for hydroxylation is 1. The van der Waals surface area contributed by atoms with Gasteiger partial charge in [-0.1, -0.05) is 19.4 Å². The van der Waals surface area contributed by atoms with Gasteiger partial charge >= 0.3 is 0 Å². The summed E-state index contributed by atoms with van der Waals surface area (Å²) in [6.07, 6.45) is 3.51. The smallest absolute Gasteiger partial charge is 0.241 e. The van der Waals surface area contributed by atoms with Crippen LogP contribution < -0.4 is 16.0 Å². The summed E-state index contributed by atoms with van der Waals surface area (Å²) in [5.41, 5.74) is 2.44. The van der Waals surface area contributed by atoms with Gasteiger partial charge in [-0.15, -0.1) is 0 Å². The third-order valence-corrected chi connectivity index (χ3v) is 3.73. The molecule has 1 aliphatic rings. The third-order valence-electron chi connectivity index (χ3n) is 3.73. The first-order valence-electron chi connectivity index (χ1n) is 7.55. The second-order valence-electron chi connectivity index (χ2n) is 5.42. The number of amides is 2. The molecule has 0 radical (unpaired) electrons. The number of rotatable bonds is 4. The van der Waals surface area contributed by atoms with Gasteiger partial charge in [0.2, 0.25) is 11.8 Å². The number of carbonyl (C=O) groups is 2. The molecular formula is C16H23N3O2. The number of piperidine rings is 1. The van der Waals surface area contributed by atoms with Crippen molar-refractivity contribution < 1.29 is 9.59 Å². The Kier molecular flexibility index (Phi) is 5.33. The van der Waals surface area contributed by atoms with Gasteiger partial charge in [0, 0.05) is 17.8 Å². The molecule has 0 aliphatic carbocycles. The molecule has 3 N–H and O–H groups in total. The van der Waals surface area contributed by atoms with E-state index in [-0.39, 0.29) is 17.9 Å². The summed E-state index contributed by atoms with van der Waals surface area (Å²) < 4.78 is 0. The molecule has 1 aromatic rings. The van der Waals surface area contributed by atoms with Crippen LogP contribution in [0.15, 0.2) is 18.2 Å². The van der Waals surface area contributed by atoms with Crippen molar-refractivity contribution in [2.75, 3.05) is 17.2 Å². The van der Waals surface area contributed by atoms with Crippen LogP contribution in [-0.4, -0.2) is 24.4 Å². The molecule has 5 heteroatoms. The van der Waals surface area contributed by atoms with Crippen molar-refractivity contribution in [3.05, 3.63) is 23.8 Å². The highest BCUT2D eigenvalue weighted by Crippen LogP contribution is 2.21. The van der Waals surface area contributed by atoms with E-state index in [9.17, 15) is 9.59 Å². The minimum Gasteiger partial charge on any atom is -0.326 e. The first-order chi connectivity index (χ1) is 10.1. The van der Waals surface area contributed by atoms with Gasteiger partial charge in [-0.3, -0.25) is 9.59 Å². The van der Waals surface area contributed by atoms with Gasteiger partial charge < -0.3 is 16.0 Å². The second kappa shape index (κ2) is 7.22. The quantitative estimate of drug-likeness (QED) is 0.797. The predicted molar refractivity (Wildman–Crippen MR) is 84.4 cm³/mol. The highest BCUT2D eigenvalue weighted by Gasteiger charge is 2.20. The highest BCUT2D eigenvalue weighted by atomic mass is 16.2. The number of hydrogen-bond acceptors (Lipinski definition) is 3. The van der Waals surface area contributed by atoms with Gasteiger partial charge in [0.25, 0.3) is 0 Å². The molecule has 5 nitrogen and oxygen atoms in total. The van der Waals surface area contributed by atoms with Crippen molar-refractivity contribution in [2.45, 2.75) is 45.6 Å². The minimum atomic E-state index is -0.118. The molecule has 0 saturated carbocycles. The molecule has 1 saturated heterocycles. The minimum absolute atomic E-state index is 0.00299. The van der Waals surface area contributed by atoms with Crippen LogP contribution in [-0.2, 0) is 9.59 Å². The van der Waals surface area contributed by atoms with E-state index in [4.69, 9.17) is 0 Å². The molecule has 0 spiro atoms. The Morgan fingerprint density at radius 1 is 1.29 bits per heavy atom. The average Bonchev–Trinajstić information content (AvgIpc) is 2.51. The summed E-state index contributed by atoms with van der Waals surface area (Å²) in [5, 5.41) is 9.00. The van der Waals surface area contributed by atoms with Crippen LogP contribution in [0, 0.1) is 6.92 Å². The summed E-state index contributed by atoms with van der Waals surface area (Å²) in [5.74, 6) is -0.0400. The Labute approximate surface area is 125 Å². The zero-order chi connectivity index (χ0) is 15.2. The molecule has 114 valence electrons. The molecular weight excluding hydrogens is 266 g/mol. The largest absolute Gasteiger partial charge is 0.326 e. The standard InChI is InChI=1S/C16H23N3O2/c1-3-15(20)18-12-8-7-11(2)14(10-12)19-16(21)13-6-4-5-9-17-13/h7-8,10,13,17H,3-6,9H2,1-2H3,(H,18,20)(H,19,21)/t13-/m1/s1. The van der Waals surface area contributed by atoms with E-state index >= 15 is 0 Å².